The summed E-state index contributed by atoms with van der Waals surface area (Å²) >= 11 is 0. The molecule has 7 heteroatoms. The fraction of sp³-hybridized carbons (Fsp3) is 0.217. The number of rotatable bonds is 9. The maximum Gasteiger partial charge on any atom is 0.338 e. The van der Waals surface area contributed by atoms with E-state index >= 15 is 0 Å². The fourth-order valence-electron chi connectivity index (χ4n) is 2.80. The minimum absolute atomic E-state index is 0.0162. The molecule has 7 nitrogen and oxygen atoms in total. The molecule has 0 unspecified atom stereocenters. The van der Waals surface area contributed by atoms with Crippen molar-refractivity contribution in [3.63, 3.8) is 0 Å². The topological polar surface area (TPSA) is 97.1 Å². The predicted molar refractivity (Wildman–Crippen MR) is 114 cm³/mol. The van der Waals surface area contributed by atoms with E-state index in [1.54, 1.807) is 37.3 Å². The van der Waals surface area contributed by atoms with Crippen molar-refractivity contribution in [1.82, 2.24) is 0 Å². The fourth-order valence-corrected chi connectivity index (χ4v) is 2.80. The first-order chi connectivity index (χ1) is 14.4. The van der Waals surface area contributed by atoms with Crippen LogP contribution in [0.25, 0.3) is 12.2 Å². The number of benzene rings is 2. The molecule has 0 spiro atoms. The predicted octanol–water partition coefficient (Wildman–Crippen LogP) is 3.23. The average Bonchev–Trinajstić information content (AvgIpc) is 2.75. The van der Waals surface area contributed by atoms with Crippen molar-refractivity contribution in [1.29, 1.82) is 0 Å². The molecule has 30 heavy (non-hydrogen) atoms. The normalized spacial score (nSPS) is 11.6. The first-order valence-electron chi connectivity index (χ1n) is 9.20. The van der Waals surface area contributed by atoms with Gasteiger partial charge in [0.15, 0.2) is 11.5 Å². The molecule has 0 aliphatic rings. The number of methoxy groups -OCH3 is 3. The lowest BCUT2D eigenvalue weighted by molar-refractivity contribution is -0.138. The molecule has 0 saturated carbocycles. The molecule has 2 rings (SSSR count). The number of hydrogen-bond donors (Lipinski definition) is 1. The molecule has 2 aromatic carbocycles. The Labute approximate surface area is 175 Å². The summed E-state index contributed by atoms with van der Waals surface area (Å²) in [5.74, 6) is -0.222. The van der Waals surface area contributed by atoms with E-state index in [1.165, 1.54) is 27.4 Å². The van der Waals surface area contributed by atoms with E-state index in [9.17, 15) is 9.59 Å². The lowest BCUT2D eigenvalue weighted by atomic mass is 9.99. The molecule has 0 fully saturated rings. The van der Waals surface area contributed by atoms with E-state index in [0.717, 1.165) is 0 Å². The van der Waals surface area contributed by atoms with Crippen LogP contribution in [0.15, 0.2) is 53.6 Å². The quantitative estimate of drug-likeness (QED) is 0.387. The largest absolute Gasteiger partial charge is 0.493 e. The van der Waals surface area contributed by atoms with Gasteiger partial charge in [0.05, 0.1) is 39.1 Å². The highest BCUT2D eigenvalue weighted by atomic mass is 16.5. The van der Waals surface area contributed by atoms with Crippen LogP contribution in [-0.4, -0.2) is 39.8 Å². The average molecular weight is 411 g/mol. The van der Waals surface area contributed by atoms with Gasteiger partial charge in [-0.25, -0.2) is 4.79 Å². The Morgan fingerprint density at radius 3 is 1.90 bits per heavy atom. The third-order valence-electron chi connectivity index (χ3n) is 4.16. The highest BCUT2D eigenvalue weighted by Crippen LogP contribution is 2.39. The molecule has 0 saturated heterocycles. The summed E-state index contributed by atoms with van der Waals surface area (Å²) in [7, 11) is 4.47. The molecule has 158 valence electrons. The molecule has 0 aromatic heterocycles. The zero-order valence-electron chi connectivity index (χ0n) is 17.4. The molecule has 0 aliphatic heterocycles. The Balaban J connectivity index is 2.69. The zero-order valence-corrected chi connectivity index (χ0v) is 17.4. The molecule has 0 bridgehead atoms. The van der Waals surface area contributed by atoms with Gasteiger partial charge in [-0.05, 0) is 42.3 Å². The first-order valence-corrected chi connectivity index (χ1v) is 9.20. The summed E-state index contributed by atoms with van der Waals surface area (Å²) < 4.78 is 21.2. The SMILES string of the molecule is CCOC(=O)C(=C/c1cc(OC)c(OC)c(OC)c1)/C(=C\c1ccccc1)C(N)=O. The van der Waals surface area contributed by atoms with Crippen molar-refractivity contribution in [2.24, 2.45) is 5.73 Å². The van der Waals surface area contributed by atoms with E-state index in [-0.39, 0.29) is 17.8 Å². The van der Waals surface area contributed by atoms with Crippen LogP contribution < -0.4 is 19.9 Å². The second-order valence-electron chi connectivity index (χ2n) is 6.07. The van der Waals surface area contributed by atoms with E-state index in [1.807, 2.05) is 18.2 Å². The Morgan fingerprint density at radius 1 is 0.867 bits per heavy atom. The monoisotopic (exact) mass is 411 g/mol. The summed E-state index contributed by atoms with van der Waals surface area (Å²) in [5, 5.41) is 0. The van der Waals surface area contributed by atoms with Crippen molar-refractivity contribution in [3.8, 4) is 17.2 Å². The number of primary amides is 1. The summed E-state index contributed by atoms with van der Waals surface area (Å²) in [4.78, 5) is 24.9. The van der Waals surface area contributed by atoms with Crippen LogP contribution >= 0.6 is 0 Å². The molecule has 0 radical (unpaired) electrons. The Kier molecular flexibility index (Phi) is 8.05. The van der Waals surface area contributed by atoms with Gasteiger partial charge in [0.25, 0.3) is 0 Å². The molecule has 1 amide bonds. The third-order valence-corrected chi connectivity index (χ3v) is 4.16. The summed E-state index contributed by atoms with van der Waals surface area (Å²) in [6, 6.07) is 12.4. The van der Waals surface area contributed by atoms with Crippen molar-refractivity contribution >= 4 is 24.0 Å². The van der Waals surface area contributed by atoms with Gasteiger partial charge in [0.2, 0.25) is 11.7 Å². The molecule has 0 heterocycles. The second-order valence-corrected chi connectivity index (χ2v) is 6.07. The van der Waals surface area contributed by atoms with Crippen molar-refractivity contribution in [2.75, 3.05) is 27.9 Å². The Morgan fingerprint density at radius 2 is 1.43 bits per heavy atom. The van der Waals surface area contributed by atoms with Crippen LogP contribution in [0.5, 0.6) is 17.2 Å². The minimum Gasteiger partial charge on any atom is -0.493 e. The van der Waals surface area contributed by atoms with Gasteiger partial charge in [-0.1, -0.05) is 30.3 Å². The van der Waals surface area contributed by atoms with Gasteiger partial charge >= 0.3 is 5.97 Å². The van der Waals surface area contributed by atoms with Gasteiger partial charge in [-0.2, -0.15) is 0 Å². The van der Waals surface area contributed by atoms with Crippen molar-refractivity contribution in [3.05, 3.63) is 64.7 Å². The standard InChI is InChI=1S/C23H25NO6/c1-5-30-23(26)18(17(22(24)25)11-15-9-7-6-8-10-15)12-16-13-19(27-2)21(29-4)20(14-16)28-3/h6-14H,5H2,1-4H3,(H2,24,25)/b17-11+,18-12+. The summed E-state index contributed by atoms with van der Waals surface area (Å²) in [6.45, 7) is 1.82. The van der Waals surface area contributed by atoms with Crippen LogP contribution in [0, 0.1) is 0 Å². The third kappa shape index (κ3) is 5.41. The summed E-state index contributed by atoms with van der Waals surface area (Å²) in [5.41, 5.74) is 6.89. The molecular weight excluding hydrogens is 386 g/mol. The number of nitrogens with two attached hydrogens (primary N) is 1. The maximum absolute atomic E-state index is 12.7. The lowest BCUT2D eigenvalue weighted by Gasteiger charge is -2.14. The van der Waals surface area contributed by atoms with Gasteiger partial charge < -0.3 is 24.7 Å². The number of carbonyl (C=O) groups is 2. The number of amides is 1. The molecule has 0 atom stereocenters. The van der Waals surface area contributed by atoms with Gasteiger partial charge in [-0.3, -0.25) is 4.79 Å². The molecule has 0 aliphatic carbocycles. The van der Waals surface area contributed by atoms with E-state index in [4.69, 9.17) is 24.7 Å². The number of carbonyl (C=O) groups excluding carboxylic acids is 2. The van der Waals surface area contributed by atoms with Crippen LogP contribution in [0.3, 0.4) is 0 Å². The Hall–Kier alpha value is -3.74. The van der Waals surface area contributed by atoms with E-state index in [2.05, 4.69) is 0 Å². The van der Waals surface area contributed by atoms with Gasteiger partial charge in [-0.15, -0.1) is 0 Å². The highest BCUT2D eigenvalue weighted by Gasteiger charge is 2.21. The van der Waals surface area contributed by atoms with Crippen LogP contribution in [0.1, 0.15) is 18.1 Å². The molecule has 2 aromatic rings. The second kappa shape index (κ2) is 10.7. The van der Waals surface area contributed by atoms with Crippen molar-refractivity contribution < 1.29 is 28.5 Å². The van der Waals surface area contributed by atoms with Crippen LogP contribution in [-0.2, 0) is 14.3 Å². The molecular formula is C23H25NO6. The highest BCUT2D eigenvalue weighted by molar-refractivity contribution is 6.14. The lowest BCUT2D eigenvalue weighted by Crippen LogP contribution is -2.20. The number of ether oxygens (including phenoxy) is 4. The van der Waals surface area contributed by atoms with Crippen LogP contribution in [0.4, 0.5) is 0 Å². The van der Waals surface area contributed by atoms with E-state index < -0.39 is 11.9 Å². The first kappa shape index (κ1) is 22.5. The maximum atomic E-state index is 12.7. The van der Waals surface area contributed by atoms with Crippen LogP contribution in [0.2, 0.25) is 0 Å². The summed E-state index contributed by atoms with van der Waals surface area (Å²) in [6.07, 6.45) is 3.05. The zero-order chi connectivity index (χ0) is 22.1. The Bertz CT molecular complexity index is 938. The number of esters is 1. The molecule has 2 N–H and O–H groups in total. The number of hydrogen-bond acceptors (Lipinski definition) is 6. The van der Waals surface area contributed by atoms with E-state index in [0.29, 0.717) is 28.4 Å². The smallest absolute Gasteiger partial charge is 0.338 e. The van der Waals surface area contributed by atoms with Gasteiger partial charge in [0.1, 0.15) is 0 Å². The van der Waals surface area contributed by atoms with Gasteiger partial charge in [0, 0.05) is 0 Å². The minimum atomic E-state index is -0.759. The van der Waals surface area contributed by atoms with Crippen molar-refractivity contribution in [2.45, 2.75) is 6.92 Å².